The van der Waals surface area contributed by atoms with Crippen molar-refractivity contribution in [2.24, 2.45) is 0 Å². The molecule has 0 fully saturated rings. The summed E-state index contributed by atoms with van der Waals surface area (Å²) in [5, 5.41) is 0. The molecule has 0 spiro atoms. The van der Waals surface area contributed by atoms with Gasteiger partial charge in [0.2, 0.25) is 0 Å². The van der Waals surface area contributed by atoms with Gasteiger partial charge in [0.05, 0.1) is 0 Å². The van der Waals surface area contributed by atoms with E-state index in [1.807, 2.05) is 0 Å². The molecule has 0 saturated heterocycles. The van der Waals surface area contributed by atoms with Crippen LogP contribution in [-0.4, -0.2) is 0 Å². The Labute approximate surface area is 367 Å². The topological polar surface area (TPSA) is 15.5 Å². The molecule has 384 valence electrons. The first-order valence-corrected chi connectivity index (χ1v) is 26.0. The fourth-order valence-corrected chi connectivity index (χ4v) is 5.52. The van der Waals surface area contributed by atoms with Crippen molar-refractivity contribution in [3.8, 4) is 22.3 Å². The van der Waals surface area contributed by atoms with Gasteiger partial charge in [-0.2, -0.15) is 0 Å². The van der Waals surface area contributed by atoms with Crippen molar-refractivity contribution in [3.05, 3.63) is 169 Å². The summed E-state index contributed by atoms with van der Waals surface area (Å²) in [6, 6.07) is 35.4. The Bertz CT molecular complexity index is 2280. The van der Waals surface area contributed by atoms with E-state index in [1.165, 1.54) is 44.5 Å². The quantitative estimate of drug-likeness (QED) is 0.0817. The summed E-state index contributed by atoms with van der Waals surface area (Å²) in [5.41, 5.74) is 10.1. The molecule has 4 nitrogen and oxygen atoms in total. The van der Waals surface area contributed by atoms with Crippen molar-refractivity contribution in [1.29, 1.82) is 0 Å². The van der Waals surface area contributed by atoms with Gasteiger partial charge >= 0.3 is 132 Å². The predicted octanol–water partition coefficient (Wildman–Crippen LogP) is 18.2. The predicted molar refractivity (Wildman–Crippen MR) is 208 cm³/mol. The molecule has 0 atom stereocenters. The maximum Gasteiger partial charge on any atom is 0.173 e. The molecule has 0 amide bonds. The van der Waals surface area contributed by atoms with Crippen LogP contribution in [-0.2, 0) is 26.2 Å². The molecular formula is C36H32F24N4P4. The van der Waals surface area contributed by atoms with Crippen molar-refractivity contribution in [2.45, 2.75) is 26.2 Å². The zero-order valence-corrected chi connectivity index (χ0v) is 36.9. The molecule has 11 heterocycles. The van der Waals surface area contributed by atoms with E-state index in [0.29, 0.717) is 0 Å². The number of hydrogen-bond acceptors (Lipinski definition) is 0. The average molecular weight is 1100 g/mol. The van der Waals surface area contributed by atoms with Gasteiger partial charge in [-0.3, -0.25) is 0 Å². The zero-order valence-electron chi connectivity index (χ0n) is 33.3. The Hall–Kier alpha value is -4.92. The van der Waals surface area contributed by atoms with Gasteiger partial charge in [-0.05, 0) is 34.4 Å². The smallest absolute Gasteiger partial charge is 0.173 e. The summed E-state index contributed by atoms with van der Waals surface area (Å²) in [6.07, 6.45) is 17.4. The van der Waals surface area contributed by atoms with Crippen LogP contribution in [0.1, 0.15) is 22.3 Å². The van der Waals surface area contributed by atoms with Crippen LogP contribution in [0, 0.1) is 0 Å². The maximum absolute atomic E-state index is 10.7. The number of aromatic nitrogens is 4. The van der Waals surface area contributed by atoms with Crippen LogP contribution in [0.2, 0.25) is 0 Å². The fraction of sp³-hybridized carbons (Fsp3) is 0.111. The third-order valence-electron chi connectivity index (χ3n) is 7.67. The minimum atomic E-state index is -10.7. The molecule has 32 heteroatoms. The minimum Gasteiger partial charge on any atom is -0.201 e. The Morgan fingerprint density at radius 2 is 0.368 bits per heavy atom. The summed E-state index contributed by atoms with van der Waals surface area (Å²) >= 11 is 0. The summed E-state index contributed by atoms with van der Waals surface area (Å²) in [4.78, 5) is 0. The van der Waals surface area contributed by atoms with Gasteiger partial charge in [0.1, 0.15) is 0 Å². The molecular weight excluding hydrogens is 1070 g/mol. The molecule has 0 unspecified atom stereocenters. The van der Waals surface area contributed by atoms with Crippen molar-refractivity contribution in [1.82, 2.24) is 0 Å². The van der Waals surface area contributed by atoms with E-state index < -0.39 is 31.2 Å². The maximum atomic E-state index is 9.87. The monoisotopic (exact) mass is 1100 g/mol. The van der Waals surface area contributed by atoms with Gasteiger partial charge in [0, 0.05) is 70.8 Å². The summed E-state index contributed by atoms with van der Waals surface area (Å²) in [6.45, 7) is 3.39. The number of benzene rings is 2. The summed E-state index contributed by atoms with van der Waals surface area (Å²) in [7, 11) is -42.6. The van der Waals surface area contributed by atoms with E-state index in [9.17, 15) is 101 Å². The number of nitrogens with zero attached hydrogens (tertiary/aromatic N) is 4. The molecule has 7 aliphatic rings. The molecule has 6 aromatic rings. The van der Waals surface area contributed by atoms with Crippen LogP contribution in [0.4, 0.5) is 101 Å². The van der Waals surface area contributed by atoms with Crippen LogP contribution in [0.5, 0.6) is 0 Å². The average Bonchev–Trinajstić information content (AvgIpc) is 3.08. The Morgan fingerprint density at radius 3 is 0.500 bits per heavy atom. The summed E-state index contributed by atoms with van der Waals surface area (Å²) in [5.74, 6) is 0. The van der Waals surface area contributed by atoms with Gasteiger partial charge in [-0.1, -0.05) is 36.4 Å². The third-order valence-corrected chi connectivity index (χ3v) is 7.67. The van der Waals surface area contributed by atoms with Crippen LogP contribution < -0.4 is 18.3 Å². The SMILES string of the molecule is F[P-](F)(F)(F)(F)F.F[P-](F)(F)(F)(F)F.F[P-](F)(F)(F)(F)F.F[P-](F)(F)(F)(F)F.c1cc2cc(c1)C[n+]1ccc(cc1)-c1cc[n+](cc1)Cc1cccc(c1)C[n+]1ccc(cc1)-c1cc[n+](cc1)C2. The van der Waals surface area contributed by atoms with Gasteiger partial charge in [-0.25, -0.2) is 18.3 Å². The molecule has 12 bridgehead atoms. The van der Waals surface area contributed by atoms with E-state index in [0.717, 1.165) is 26.2 Å². The van der Waals surface area contributed by atoms with Crippen LogP contribution >= 0.6 is 31.2 Å². The first kappa shape index (κ1) is 57.4. The van der Waals surface area contributed by atoms with Crippen LogP contribution in [0.15, 0.2) is 147 Å². The second kappa shape index (κ2) is 16.3. The number of pyridine rings is 4. The second-order valence-corrected chi connectivity index (χ2v) is 22.2. The molecule has 0 radical (unpaired) electrons. The van der Waals surface area contributed by atoms with E-state index in [2.05, 4.69) is 165 Å². The molecule has 0 saturated carbocycles. The molecule has 0 aliphatic carbocycles. The number of hydrogen-bond donors (Lipinski definition) is 0. The number of rotatable bonds is 0. The van der Waals surface area contributed by atoms with Crippen LogP contribution in [0.3, 0.4) is 0 Å². The van der Waals surface area contributed by atoms with Crippen molar-refractivity contribution in [2.75, 3.05) is 0 Å². The van der Waals surface area contributed by atoms with Gasteiger partial charge in [-0.15, -0.1) is 0 Å². The molecule has 0 N–H and O–H groups in total. The van der Waals surface area contributed by atoms with Gasteiger partial charge in [0.25, 0.3) is 0 Å². The first-order chi connectivity index (χ1) is 29.5. The van der Waals surface area contributed by atoms with Crippen LogP contribution in [0.25, 0.3) is 22.3 Å². The van der Waals surface area contributed by atoms with Crippen molar-refractivity contribution in [3.63, 3.8) is 0 Å². The Morgan fingerprint density at radius 1 is 0.235 bits per heavy atom. The normalized spacial score (nSPS) is 16.9. The van der Waals surface area contributed by atoms with E-state index in [4.69, 9.17) is 0 Å². The first-order valence-electron chi connectivity index (χ1n) is 17.9. The molecule has 7 aliphatic heterocycles. The number of halogens is 24. The van der Waals surface area contributed by atoms with E-state index in [1.54, 1.807) is 0 Å². The third kappa shape index (κ3) is 35.3. The fourth-order valence-electron chi connectivity index (χ4n) is 5.52. The minimum absolute atomic E-state index is 0.847. The standard InChI is InChI=1S/C36H32N4.4F6P/c1-3-29-23-30(4-1)26-38-17-9-34(10-18-38)36-13-21-40(22-14-36)28-32-6-2-5-31(24-32)27-39-19-11-35(12-20-39)33-7-15-37(25-29)16-8-33;4*1-7(2,3,4,5)6/h1-24H,25-28H2;;;;/q+4;4*-1. The molecule has 2 aromatic carbocycles. The van der Waals surface area contributed by atoms with Gasteiger partial charge < -0.3 is 0 Å². The van der Waals surface area contributed by atoms with Crippen molar-refractivity contribution < 1.29 is 119 Å². The Kier molecular flexibility index (Phi) is 13.8. The van der Waals surface area contributed by atoms with Crippen molar-refractivity contribution >= 4 is 31.2 Å². The zero-order chi connectivity index (χ0) is 52.4. The van der Waals surface area contributed by atoms with Gasteiger partial charge in [0.15, 0.2) is 75.8 Å². The molecule has 4 aromatic heterocycles. The molecule has 13 rings (SSSR count). The summed E-state index contributed by atoms with van der Waals surface area (Å²) < 4.78 is 246. The van der Waals surface area contributed by atoms with E-state index in [-0.39, 0.29) is 0 Å². The molecule has 68 heavy (non-hydrogen) atoms. The second-order valence-electron chi connectivity index (χ2n) is 14.5. The Balaban J connectivity index is 0.000000356. The largest absolute Gasteiger partial charge is 0.201 e. The van der Waals surface area contributed by atoms with E-state index >= 15 is 0 Å².